The molecule has 0 radical (unpaired) electrons. The Bertz CT molecular complexity index is 1150. The Hall–Kier alpha value is -3.69. The third-order valence-corrected chi connectivity index (χ3v) is 4.24. The number of benzene rings is 2. The molecule has 0 bridgehead atoms. The maximum absolute atomic E-state index is 13.0. The topological polar surface area (TPSA) is 77.6 Å². The van der Waals surface area contributed by atoms with Gasteiger partial charge >= 0.3 is 6.18 Å². The number of anilines is 1. The van der Waals surface area contributed by atoms with Crippen molar-refractivity contribution >= 4 is 22.6 Å². The monoisotopic (exact) mass is 386 g/mol. The standard InChI is InChI=1S/C18H13F3N6O/c1-26-15-7-4-12(8-14(15)25-17(26)18(19,20)21)24-16(28)11-2-5-13(6-3-11)27-9-22-23-10-27/h2-10H,1H3,(H,24,28). The van der Waals surface area contributed by atoms with Crippen LogP contribution in [0.4, 0.5) is 18.9 Å². The van der Waals surface area contributed by atoms with Crippen LogP contribution in [-0.4, -0.2) is 30.2 Å². The van der Waals surface area contributed by atoms with E-state index in [4.69, 9.17) is 0 Å². The predicted molar refractivity (Wildman–Crippen MR) is 95.0 cm³/mol. The van der Waals surface area contributed by atoms with Gasteiger partial charge in [-0.05, 0) is 42.5 Å². The summed E-state index contributed by atoms with van der Waals surface area (Å²) >= 11 is 0. The van der Waals surface area contributed by atoms with Crippen molar-refractivity contribution in [2.24, 2.45) is 7.05 Å². The van der Waals surface area contributed by atoms with Crippen LogP contribution in [0.5, 0.6) is 0 Å². The van der Waals surface area contributed by atoms with E-state index in [9.17, 15) is 18.0 Å². The number of nitrogens with one attached hydrogen (secondary N) is 1. The van der Waals surface area contributed by atoms with Gasteiger partial charge in [-0.15, -0.1) is 10.2 Å². The van der Waals surface area contributed by atoms with Crippen molar-refractivity contribution in [3.8, 4) is 5.69 Å². The van der Waals surface area contributed by atoms with E-state index >= 15 is 0 Å². The summed E-state index contributed by atoms with van der Waals surface area (Å²) < 4.78 is 41.6. The Kier molecular flexibility index (Phi) is 4.10. The van der Waals surface area contributed by atoms with Gasteiger partial charge in [0.05, 0.1) is 11.0 Å². The second kappa shape index (κ2) is 6.48. The van der Waals surface area contributed by atoms with Gasteiger partial charge in [0, 0.05) is 24.0 Å². The van der Waals surface area contributed by atoms with Crippen molar-refractivity contribution < 1.29 is 18.0 Å². The zero-order valence-corrected chi connectivity index (χ0v) is 14.5. The first-order chi connectivity index (χ1) is 13.3. The lowest BCUT2D eigenvalue weighted by Gasteiger charge is -2.07. The molecule has 0 atom stereocenters. The molecule has 142 valence electrons. The van der Waals surface area contributed by atoms with Gasteiger partial charge in [0.25, 0.3) is 5.91 Å². The molecule has 1 amide bonds. The summed E-state index contributed by atoms with van der Waals surface area (Å²) in [7, 11) is 1.30. The number of amides is 1. The van der Waals surface area contributed by atoms with Crippen LogP contribution in [0.2, 0.25) is 0 Å². The predicted octanol–water partition coefficient (Wildman–Crippen LogP) is 3.43. The molecule has 7 nitrogen and oxygen atoms in total. The number of carbonyl (C=O) groups excluding carboxylic acids is 1. The molecule has 0 saturated heterocycles. The van der Waals surface area contributed by atoms with Crippen LogP contribution in [0, 0.1) is 0 Å². The van der Waals surface area contributed by atoms with Crippen molar-refractivity contribution in [2.75, 3.05) is 5.32 Å². The smallest absolute Gasteiger partial charge is 0.323 e. The first-order valence-electron chi connectivity index (χ1n) is 8.13. The van der Waals surface area contributed by atoms with E-state index < -0.39 is 12.0 Å². The minimum atomic E-state index is -4.55. The van der Waals surface area contributed by atoms with Crippen LogP contribution in [0.3, 0.4) is 0 Å². The van der Waals surface area contributed by atoms with Crippen LogP contribution < -0.4 is 5.32 Å². The number of halogens is 3. The molecule has 2 heterocycles. The lowest BCUT2D eigenvalue weighted by Crippen LogP contribution is -2.12. The Labute approximate surface area is 156 Å². The fourth-order valence-electron chi connectivity index (χ4n) is 2.85. The molecule has 0 unspecified atom stereocenters. The molecule has 1 N–H and O–H groups in total. The van der Waals surface area contributed by atoms with Crippen molar-refractivity contribution in [2.45, 2.75) is 6.18 Å². The van der Waals surface area contributed by atoms with Gasteiger partial charge in [-0.1, -0.05) is 0 Å². The quantitative estimate of drug-likeness (QED) is 0.585. The number of carbonyl (C=O) groups is 1. The first-order valence-corrected chi connectivity index (χ1v) is 8.13. The molecule has 4 aromatic rings. The Morgan fingerprint density at radius 1 is 1.04 bits per heavy atom. The molecule has 0 saturated carbocycles. The van der Waals surface area contributed by atoms with Crippen molar-refractivity contribution in [1.82, 2.24) is 24.3 Å². The lowest BCUT2D eigenvalue weighted by molar-refractivity contribution is -0.146. The summed E-state index contributed by atoms with van der Waals surface area (Å²) in [5, 5.41) is 10.1. The van der Waals surface area contributed by atoms with Gasteiger partial charge in [0.15, 0.2) is 0 Å². The molecule has 10 heteroatoms. The molecular weight excluding hydrogens is 373 g/mol. The molecule has 0 aliphatic heterocycles. The number of aryl methyl sites for hydroxylation is 1. The first kappa shape index (κ1) is 17.7. The highest BCUT2D eigenvalue weighted by Gasteiger charge is 2.36. The summed E-state index contributed by atoms with van der Waals surface area (Å²) in [6, 6.07) is 11.2. The molecule has 0 aliphatic carbocycles. The van der Waals surface area contributed by atoms with Gasteiger partial charge in [0.1, 0.15) is 12.7 Å². The van der Waals surface area contributed by atoms with E-state index in [0.717, 1.165) is 10.3 Å². The van der Waals surface area contributed by atoms with Crippen LogP contribution >= 0.6 is 0 Å². The van der Waals surface area contributed by atoms with E-state index in [2.05, 4.69) is 20.5 Å². The van der Waals surface area contributed by atoms with Crippen molar-refractivity contribution in [3.63, 3.8) is 0 Å². The maximum Gasteiger partial charge on any atom is 0.449 e. The van der Waals surface area contributed by atoms with Gasteiger partial charge in [-0.2, -0.15) is 13.2 Å². The SMILES string of the molecule is Cn1c(C(F)(F)F)nc2cc(NC(=O)c3ccc(-n4cnnc4)cc3)ccc21. The summed E-state index contributed by atoms with van der Waals surface area (Å²) in [5.74, 6) is -1.38. The summed E-state index contributed by atoms with van der Waals surface area (Å²) in [4.78, 5) is 16.1. The summed E-state index contributed by atoms with van der Waals surface area (Å²) in [5.41, 5.74) is 2.01. The average Bonchev–Trinajstić information content (AvgIpc) is 3.30. The van der Waals surface area contributed by atoms with E-state index in [1.54, 1.807) is 28.8 Å². The molecular formula is C18H13F3N6O. The normalized spacial score (nSPS) is 11.7. The van der Waals surface area contributed by atoms with Gasteiger partial charge < -0.3 is 9.88 Å². The third-order valence-electron chi connectivity index (χ3n) is 4.24. The molecule has 28 heavy (non-hydrogen) atoms. The van der Waals surface area contributed by atoms with E-state index in [1.807, 2.05) is 0 Å². The van der Waals surface area contributed by atoms with E-state index in [-0.39, 0.29) is 11.4 Å². The van der Waals surface area contributed by atoms with Crippen LogP contribution in [0.15, 0.2) is 55.1 Å². The number of imidazole rings is 1. The number of rotatable bonds is 3. The molecule has 0 spiro atoms. The van der Waals surface area contributed by atoms with Crippen molar-refractivity contribution in [1.29, 1.82) is 0 Å². The zero-order valence-electron chi connectivity index (χ0n) is 14.5. The summed E-state index contributed by atoms with van der Waals surface area (Å²) in [6.07, 6.45) is -1.48. The van der Waals surface area contributed by atoms with Crippen LogP contribution in [-0.2, 0) is 13.2 Å². The Balaban J connectivity index is 1.56. The largest absolute Gasteiger partial charge is 0.449 e. The van der Waals surface area contributed by atoms with Gasteiger partial charge in [-0.25, -0.2) is 4.98 Å². The fraction of sp³-hybridized carbons (Fsp3) is 0.111. The lowest BCUT2D eigenvalue weighted by atomic mass is 10.2. The second-order valence-corrected chi connectivity index (χ2v) is 6.07. The van der Waals surface area contributed by atoms with Crippen molar-refractivity contribution in [3.05, 3.63) is 66.5 Å². The van der Waals surface area contributed by atoms with Gasteiger partial charge in [0.2, 0.25) is 5.82 Å². The zero-order chi connectivity index (χ0) is 19.9. The highest BCUT2D eigenvalue weighted by Crippen LogP contribution is 2.31. The Morgan fingerprint density at radius 2 is 1.71 bits per heavy atom. The third kappa shape index (κ3) is 3.20. The highest BCUT2D eigenvalue weighted by atomic mass is 19.4. The summed E-state index contributed by atoms with van der Waals surface area (Å²) in [6.45, 7) is 0. The number of fused-ring (bicyclic) bond motifs is 1. The number of aromatic nitrogens is 5. The number of hydrogen-bond acceptors (Lipinski definition) is 4. The number of hydrogen-bond donors (Lipinski definition) is 1. The van der Waals surface area contributed by atoms with Gasteiger partial charge in [-0.3, -0.25) is 9.36 Å². The molecule has 2 aromatic heterocycles. The minimum Gasteiger partial charge on any atom is -0.323 e. The molecule has 0 fully saturated rings. The van der Waals surface area contributed by atoms with Crippen LogP contribution in [0.1, 0.15) is 16.2 Å². The molecule has 4 rings (SSSR count). The number of alkyl halides is 3. The fourth-order valence-corrected chi connectivity index (χ4v) is 2.85. The highest BCUT2D eigenvalue weighted by molar-refractivity contribution is 6.05. The average molecular weight is 386 g/mol. The second-order valence-electron chi connectivity index (χ2n) is 6.07. The van der Waals surface area contributed by atoms with E-state index in [1.165, 1.54) is 37.9 Å². The van der Waals surface area contributed by atoms with E-state index in [0.29, 0.717) is 16.8 Å². The number of nitrogens with zero attached hydrogens (tertiary/aromatic N) is 5. The minimum absolute atomic E-state index is 0.149. The van der Waals surface area contributed by atoms with Crippen LogP contribution in [0.25, 0.3) is 16.7 Å². The molecule has 2 aromatic carbocycles. The Morgan fingerprint density at radius 3 is 2.36 bits per heavy atom. The maximum atomic E-state index is 13.0. The molecule has 0 aliphatic rings.